The molecule has 0 saturated carbocycles. The highest BCUT2D eigenvalue weighted by Crippen LogP contribution is 2.00. The number of amides is 1. The molecule has 0 aliphatic carbocycles. The molecule has 0 aromatic carbocycles. The van der Waals surface area contributed by atoms with E-state index < -0.39 is 6.09 Å². The van der Waals surface area contributed by atoms with Crippen molar-refractivity contribution in [3.8, 4) is 0 Å². The van der Waals surface area contributed by atoms with Crippen LogP contribution in [-0.4, -0.2) is 41.2 Å². The van der Waals surface area contributed by atoms with Crippen LogP contribution in [0.2, 0.25) is 0 Å². The van der Waals surface area contributed by atoms with Crippen molar-refractivity contribution in [2.45, 2.75) is 6.54 Å². The Morgan fingerprint density at radius 2 is 2.40 bits per heavy atom. The topological polar surface area (TPSA) is 65.5 Å². The van der Waals surface area contributed by atoms with Crippen LogP contribution in [0.1, 0.15) is 5.69 Å². The van der Waals surface area contributed by atoms with Gasteiger partial charge in [-0.15, -0.1) is 0 Å². The van der Waals surface area contributed by atoms with Gasteiger partial charge in [-0.2, -0.15) is 0 Å². The number of likely N-dealkylation sites (N-methyl/N-ethyl adjacent to an activating group) is 1. The quantitative estimate of drug-likeness (QED) is 0.752. The monoisotopic (exact) mass is 209 g/mol. The third-order valence-corrected chi connectivity index (χ3v) is 1.98. The second kappa shape index (κ2) is 5.98. The molecular weight excluding hydrogens is 194 g/mol. The number of pyridine rings is 1. The molecule has 0 radical (unpaired) electrons. The fraction of sp³-hybridized carbons (Fsp3) is 0.400. The minimum atomic E-state index is -0.920. The molecule has 0 spiro atoms. The molecule has 1 amide bonds. The van der Waals surface area contributed by atoms with Crippen molar-refractivity contribution in [1.82, 2.24) is 15.2 Å². The fourth-order valence-corrected chi connectivity index (χ4v) is 1.18. The van der Waals surface area contributed by atoms with Gasteiger partial charge in [0.25, 0.3) is 0 Å². The van der Waals surface area contributed by atoms with Gasteiger partial charge in [0.1, 0.15) is 0 Å². The normalized spacial score (nSPS) is 9.93. The van der Waals surface area contributed by atoms with Crippen molar-refractivity contribution >= 4 is 6.09 Å². The molecule has 1 heterocycles. The van der Waals surface area contributed by atoms with Crippen LogP contribution in [0.5, 0.6) is 0 Å². The maximum atomic E-state index is 10.9. The van der Waals surface area contributed by atoms with Crippen molar-refractivity contribution in [2.75, 3.05) is 20.1 Å². The average molecular weight is 209 g/mol. The first kappa shape index (κ1) is 11.5. The van der Waals surface area contributed by atoms with Crippen LogP contribution in [0.4, 0.5) is 4.79 Å². The molecular formula is C10H15N3O2. The van der Waals surface area contributed by atoms with Gasteiger partial charge in [-0.1, -0.05) is 6.07 Å². The van der Waals surface area contributed by atoms with Crippen LogP contribution in [0, 0.1) is 0 Å². The first-order valence-corrected chi connectivity index (χ1v) is 4.76. The largest absolute Gasteiger partial charge is 0.465 e. The summed E-state index contributed by atoms with van der Waals surface area (Å²) in [5.74, 6) is 0. The first-order chi connectivity index (χ1) is 7.24. The lowest BCUT2D eigenvalue weighted by atomic mass is 10.3. The summed E-state index contributed by atoms with van der Waals surface area (Å²) >= 11 is 0. The van der Waals surface area contributed by atoms with Gasteiger partial charge in [-0.25, -0.2) is 4.79 Å². The maximum Gasteiger partial charge on any atom is 0.407 e. The molecule has 0 atom stereocenters. The Morgan fingerprint density at radius 1 is 1.60 bits per heavy atom. The predicted molar refractivity (Wildman–Crippen MR) is 56.6 cm³/mol. The highest BCUT2D eigenvalue weighted by molar-refractivity contribution is 5.64. The fourth-order valence-electron chi connectivity index (χ4n) is 1.18. The molecule has 0 unspecified atom stereocenters. The van der Waals surface area contributed by atoms with Gasteiger partial charge in [-0.05, 0) is 19.2 Å². The summed E-state index contributed by atoms with van der Waals surface area (Å²) in [6, 6.07) is 5.47. The van der Waals surface area contributed by atoms with Crippen molar-refractivity contribution in [3.63, 3.8) is 0 Å². The molecule has 2 N–H and O–H groups in total. The Hall–Kier alpha value is -1.62. The van der Waals surface area contributed by atoms with E-state index in [1.807, 2.05) is 18.2 Å². The average Bonchev–Trinajstić information content (AvgIpc) is 2.25. The molecule has 0 bridgehead atoms. The van der Waals surface area contributed by atoms with Crippen LogP contribution >= 0.6 is 0 Å². The first-order valence-electron chi connectivity index (χ1n) is 4.76. The molecule has 5 heteroatoms. The zero-order chi connectivity index (χ0) is 11.1. The Labute approximate surface area is 88.7 Å². The van der Waals surface area contributed by atoms with E-state index >= 15 is 0 Å². The van der Waals surface area contributed by atoms with E-state index in [1.165, 1.54) is 4.90 Å². The maximum absolute atomic E-state index is 10.9. The Bertz CT molecular complexity index is 303. The SMILES string of the molecule is CNCCN(Cc1ccccn1)C(=O)O. The molecule has 1 aromatic rings. The van der Waals surface area contributed by atoms with Crippen LogP contribution in [-0.2, 0) is 6.54 Å². The standard InChI is InChI=1S/C10H15N3O2/c1-11-6-7-13(10(14)15)8-9-4-2-3-5-12-9/h2-5,11H,6-8H2,1H3,(H,14,15). The summed E-state index contributed by atoms with van der Waals surface area (Å²) in [4.78, 5) is 16.3. The van der Waals surface area contributed by atoms with Gasteiger partial charge < -0.3 is 15.3 Å². The number of hydrogen-bond acceptors (Lipinski definition) is 3. The molecule has 0 aliphatic rings. The third-order valence-electron chi connectivity index (χ3n) is 1.98. The van der Waals surface area contributed by atoms with Crippen LogP contribution in [0.25, 0.3) is 0 Å². The zero-order valence-electron chi connectivity index (χ0n) is 8.68. The minimum Gasteiger partial charge on any atom is -0.465 e. The van der Waals surface area contributed by atoms with E-state index in [0.717, 1.165) is 5.69 Å². The Kier molecular flexibility index (Phi) is 4.56. The number of nitrogens with zero attached hydrogens (tertiary/aromatic N) is 2. The number of rotatable bonds is 5. The Balaban J connectivity index is 2.55. The highest BCUT2D eigenvalue weighted by atomic mass is 16.4. The molecule has 5 nitrogen and oxygen atoms in total. The molecule has 15 heavy (non-hydrogen) atoms. The number of hydrogen-bond donors (Lipinski definition) is 2. The molecule has 0 fully saturated rings. The third kappa shape index (κ3) is 3.95. The lowest BCUT2D eigenvalue weighted by molar-refractivity contribution is 0.142. The summed E-state index contributed by atoms with van der Waals surface area (Å²) in [7, 11) is 1.79. The van der Waals surface area contributed by atoms with E-state index in [4.69, 9.17) is 5.11 Å². The predicted octanol–water partition coefficient (Wildman–Crippen LogP) is 0.781. The smallest absolute Gasteiger partial charge is 0.407 e. The molecule has 82 valence electrons. The highest BCUT2D eigenvalue weighted by Gasteiger charge is 2.11. The van der Waals surface area contributed by atoms with Crippen molar-refractivity contribution in [2.24, 2.45) is 0 Å². The summed E-state index contributed by atoms with van der Waals surface area (Å²) in [5.41, 5.74) is 0.760. The Morgan fingerprint density at radius 3 is 2.93 bits per heavy atom. The molecule has 1 aromatic heterocycles. The number of carbonyl (C=O) groups is 1. The number of carboxylic acid groups (broad SMARTS) is 1. The minimum absolute atomic E-state index is 0.331. The van der Waals surface area contributed by atoms with Gasteiger partial charge in [0.05, 0.1) is 12.2 Å². The van der Waals surface area contributed by atoms with E-state index in [9.17, 15) is 4.79 Å². The van der Waals surface area contributed by atoms with Crippen molar-refractivity contribution in [3.05, 3.63) is 30.1 Å². The summed E-state index contributed by atoms with van der Waals surface area (Å²) in [6.45, 7) is 1.43. The lowest BCUT2D eigenvalue weighted by Crippen LogP contribution is -2.34. The van der Waals surface area contributed by atoms with Crippen molar-refractivity contribution < 1.29 is 9.90 Å². The van der Waals surface area contributed by atoms with E-state index in [0.29, 0.717) is 19.6 Å². The van der Waals surface area contributed by atoms with Gasteiger partial charge in [0.2, 0.25) is 0 Å². The molecule has 0 aliphatic heterocycles. The van der Waals surface area contributed by atoms with E-state index in [1.54, 1.807) is 13.2 Å². The van der Waals surface area contributed by atoms with E-state index in [-0.39, 0.29) is 0 Å². The summed E-state index contributed by atoms with van der Waals surface area (Å²) in [5, 5.41) is 11.8. The number of aromatic nitrogens is 1. The van der Waals surface area contributed by atoms with Gasteiger partial charge in [0, 0.05) is 19.3 Å². The molecule has 0 saturated heterocycles. The van der Waals surface area contributed by atoms with Gasteiger partial charge >= 0.3 is 6.09 Å². The second-order valence-electron chi connectivity index (χ2n) is 3.13. The van der Waals surface area contributed by atoms with Gasteiger partial charge in [-0.3, -0.25) is 4.98 Å². The second-order valence-corrected chi connectivity index (χ2v) is 3.13. The number of nitrogens with one attached hydrogen (secondary N) is 1. The molecule has 1 rings (SSSR count). The van der Waals surface area contributed by atoms with E-state index in [2.05, 4.69) is 10.3 Å². The van der Waals surface area contributed by atoms with Crippen LogP contribution in [0.3, 0.4) is 0 Å². The lowest BCUT2D eigenvalue weighted by Gasteiger charge is -2.18. The van der Waals surface area contributed by atoms with Gasteiger partial charge in [0.15, 0.2) is 0 Å². The zero-order valence-corrected chi connectivity index (χ0v) is 8.68. The van der Waals surface area contributed by atoms with Crippen LogP contribution in [0.15, 0.2) is 24.4 Å². The van der Waals surface area contributed by atoms with Crippen molar-refractivity contribution in [1.29, 1.82) is 0 Å². The summed E-state index contributed by atoms with van der Waals surface area (Å²) < 4.78 is 0. The summed E-state index contributed by atoms with van der Waals surface area (Å²) in [6.07, 6.45) is 0.740. The van der Waals surface area contributed by atoms with Crippen LogP contribution < -0.4 is 5.32 Å².